The van der Waals surface area contributed by atoms with Gasteiger partial charge < -0.3 is 20.2 Å². The van der Waals surface area contributed by atoms with Crippen molar-refractivity contribution in [1.29, 1.82) is 0 Å². The van der Waals surface area contributed by atoms with Crippen molar-refractivity contribution in [3.63, 3.8) is 0 Å². The molecule has 0 bridgehead atoms. The van der Waals surface area contributed by atoms with E-state index >= 15 is 0 Å². The molecule has 24 heavy (non-hydrogen) atoms. The first kappa shape index (κ1) is 17.6. The van der Waals surface area contributed by atoms with E-state index in [1.807, 2.05) is 6.92 Å². The van der Waals surface area contributed by atoms with Gasteiger partial charge in [-0.2, -0.15) is 0 Å². The molecular formula is C16H19N3O5. The van der Waals surface area contributed by atoms with E-state index in [0.717, 1.165) is 0 Å². The minimum absolute atomic E-state index is 0.0828. The van der Waals surface area contributed by atoms with Crippen LogP contribution in [-0.4, -0.2) is 28.5 Å². The van der Waals surface area contributed by atoms with Crippen LogP contribution in [0.1, 0.15) is 25.2 Å². The average molecular weight is 333 g/mol. The van der Waals surface area contributed by atoms with Crippen LogP contribution in [0.2, 0.25) is 0 Å². The highest BCUT2D eigenvalue weighted by Crippen LogP contribution is 2.17. The van der Waals surface area contributed by atoms with Gasteiger partial charge in [0.25, 0.3) is 5.69 Å². The maximum atomic E-state index is 12.0. The quantitative estimate of drug-likeness (QED) is 0.503. The number of amides is 1. The Kier molecular flexibility index (Phi) is 6.05. The van der Waals surface area contributed by atoms with E-state index in [0.29, 0.717) is 11.4 Å². The molecular weight excluding hydrogens is 314 g/mol. The molecule has 0 aliphatic heterocycles. The summed E-state index contributed by atoms with van der Waals surface area (Å²) in [5, 5.41) is 26.3. The van der Waals surface area contributed by atoms with Crippen LogP contribution >= 0.6 is 0 Å². The maximum Gasteiger partial charge on any atom is 0.271 e. The second-order valence-electron chi connectivity index (χ2n) is 5.40. The number of nitrogens with one attached hydrogen (secondary N) is 2. The SMILES string of the molecule is CC(CC(=O)Nc1cccc([N+](=O)[O-])c1)NCC(O)c1ccco1. The molecule has 8 nitrogen and oxygen atoms in total. The van der Waals surface area contributed by atoms with Crippen LogP contribution in [0.15, 0.2) is 47.1 Å². The lowest BCUT2D eigenvalue weighted by Gasteiger charge is -2.16. The summed E-state index contributed by atoms with van der Waals surface area (Å²) in [5.41, 5.74) is 0.289. The molecule has 0 saturated heterocycles. The van der Waals surface area contributed by atoms with Crippen LogP contribution < -0.4 is 10.6 Å². The molecule has 1 heterocycles. The van der Waals surface area contributed by atoms with Crippen molar-refractivity contribution < 1.29 is 19.2 Å². The minimum Gasteiger partial charge on any atom is -0.467 e. The zero-order valence-electron chi connectivity index (χ0n) is 13.1. The number of anilines is 1. The number of benzene rings is 1. The van der Waals surface area contributed by atoms with Gasteiger partial charge in [-0.1, -0.05) is 6.07 Å². The van der Waals surface area contributed by atoms with Gasteiger partial charge in [0, 0.05) is 36.8 Å². The monoisotopic (exact) mass is 333 g/mol. The maximum absolute atomic E-state index is 12.0. The molecule has 3 N–H and O–H groups in total. The molecule has 0 fully saturated rings. The van der Waals surface area contributed by atoms with Crippen molar-refractivity contribution in [1.82, 2.24) is 5.32 Å². The first-order valence-electron chi connectivity index (χ1n) is 7.45. The highest BCUT2D eigenvalue weighted by Gasteiger charge is 2.14. The number of furan rings is 1. The number of nitro groups is 1. The third-order valence-electron chi connectivity index (χ3n) is 3.36. The van der Waals surface area contributed by atoms with E-state index in [1.54, 1.807) is 18.2 Å². The summed E-state index contributed by atoms with van der Waals surface area (Å²) in [5.74, 6) is 0.179. The second-order valence-corrected chi connectivity index (χ2v) is 5.40. The lowest BCUT2D eigenvalue weighted by atomic mass is 10.2. The smallest absolute Gasteiger partial charge is 0.271 e. The molecule has 1 aromatic heterocycles. The van der Waals surface area contributed by atoms with Crippen LogP contribution in [0, 0.1) is 10.1 Å². The summed E-state index contributed by atoms with van der Waals surface area (Å²) in [4.78, 5) is 22.2. The molecule has 1 aromatic carbocycles. The van der Waals surface area contributed by atoms with E-state index in [2.05, 4.69) is 10.6 Å². The van der Waals surface area contributed by atoms with E-state index in [1.165, 1.54) is 24.5 Å². The van der Waals surface area contributed by atoms with Crippen LogP contribution in [0.4, 0.5) is 11.4 Å². The molecule has 2 aromatic rings. The summed E-state index contributed by atoms with van der Waals surface area (Å²) >= 11 is 0. The summed E-state index contributed by atoms with van der Waals surface area (Å²) in [6, 6.07) is 8.93. The van der Waals surface area contributed by atoms with Gasteiger partial charge in [-0.3, -0.25) is 14.9 Å². The topological polar surface area (TPSA) is 118 Å². The number of carbonyl (C=O) groups excluding carboxylic acids is 1. The van der Waals surface area contributed by atoms with Crippen molar-refractivity contribution in [2.75, 3.05) is 11.9 Å². The largest absolute Gasteiger partial charge is 0.467 e. The summed E-state index contributed by atoms with van der Waals surface area (Å²) < 4.78 is 5.09. The number of non-ortho nitro benzene ring substituents is 1. The molecule has 1 amide bonds. The fourth-order valence-corrected chi connectivity index (χ4v) is 2.15. The summed E-state index contributed by atoms with van der Waals surface area (Å²) in [7, 11) is 0. The first-order chi connectivity index (χ1) is 11.5. The van der Waals surface area contributed by atoms with Gasteiger partial charge >= 0.3 is 0 Å². The standard InChI is InChI=1S/C16H19N3O5/c1-11(17-10-14(20)15-6-3-7-24-15)8-16(21)18-12-4-2-5-13(9-12)19(22)23/h2-7,9,11,14,17,20H,8,10H2,1H3,(H,18,21). The Morgan fingerprint density at radius 2 is 2.17 bits per heavy atom. The van der Waals surface area contributed by atoms with Gasteiger partial charge in [0.15, 0.2) is 0 Å². The molecule has 0 spiro atoms. The van der Waals surface area contributed by atoms with Crippen molar-refractivity contribution >= 4 is 17.3 Å². The van der Waals surface area contributed by atoms with Gasteiger partial charge in [-0.25, -0.2) is 0 Å². The average Bonchev–Trinajstić information content (AvgIpc) is 3.07. The lowest BCUT2D eigenvalue weighted by molar-refractivity contribution is -0.384. The molecule has 0 aliphatic carbocycles. The Morgan fingerprint density at radius 1 is 1.38 bits per heavy atom. The minimum atomic E-state index is -0.790. The molecule has 8 heteroatoms. The van der Waals surface area contributed by atoms with Gasteiger partial charge in [0.05, 0.1) is 11.2 Å². The summed E-state index contributed by atoms with van der Waals surface area (Å²) in [6.07, 6.45) is 0.851. The molecule has 2 unspecified atom stereocenters. The number of nitrogens with zero attached hydrogens (tertiary/aromatic N) is 1. The highest BCUT2D eigenvalue weighted by atomic mass is 16.6. The van der Waals surface area contributed by atoms with Crippen molar-refractivity contribution in [3.8, 4) is 0 Å². The first-order valence-corrected chi connectivity index (χ1v) is 7.45. The zero-order valence-corrected chi connectivity index (χ0v) is 13.1. The van der Waals surface area contributed by atoms with Crippen molar-refractivity contribution in [2.45, 2.75) is 25.5 Å². The van der Waals surface area contributed by atoms with Crippen LogP contribution in [0.3, 0.4) is 0 Å². The Morgan fingerprint density at radius 3 is 2.83 bits per heavy atom. The molecule has 2 atom stereocenters. The molecule has 2 rings (SSSR count). The van der Waals surface area contributed by atoms with Gasteiger partial charge in [0.2, 0.25) is 5.91 Å². The predicted molar refractivity (Wildman–Crippen MR) is 87.5 cm³/mol. The number of aliphatic hydroxyl groups excluding tert-OH is 1. The van der Waals surface area contributed by atoms with Gasteiger partial charge in [0.1, 0.15) is 11.9 Å². The van der Waals surface area contributed by atoms with Gasteiger partial charge in [-0.05, 0) is 25.1 Å². The number of nitro benzene ring substituents is 1. The normalized spacial score (nSPS) is 13.2. The zero-order chi connectivity index (χ0) is 17.5. The Balaban J connectivity index is 1.79. The Hall–Kier alpha value is -2.71. The van der Waals surface area contributed by atoms with E-state index in [-0.39, 0.29) is 30.6 Å². The number of hydrogen-bond donors (Lipinski definition) is 3. The van der Waals surface area contributed by atoms with Gasteiger partial charge in [-0.15, -0.1) is 0 Å². The number of rotatable bonds is 8. The molecule has 0 radical (unpaired) electrons. The van der Waals surface area contributed by atoms with Crippen LogP contribution in [-0.2, 0) is 4.79 Å². The lowest BCUT2D eigenvalue weighted by Crippen LogP contribution is -2.33. The highest BCUT2D eigenvalue weighted by molar-refractivity contribution is 5.91. The third-order valence-corrected chi connectivity index (χ3v) is 3.36. The van der Waals surface area contributed by atoms with Crippen molar-refractivity contribution in [3.05, 3.63) is 58.5 Å². The fourth-order valence-electron chi connectivity index (χ4n) is 2.15. The second kappa shape index (κ2) is 8.23. The fraction of sp³-hybridized carbons (Fsp3) is 0.312. The molecule has 0 aliphatic rings. The Bertz CT molecular complexity index is 687. The molecule has 0 saturated carbocycles. The van der Waals surface area contributed by atoms with E-state index < -0.39 is 11.0 Å². The van der Waals surface area contributed by atoms with Crippen LogP contribution in [0.25, 0.3) is 0 Å². The third kappa shape index (κ3) is 5.18. The van der Waals surface area contributed by atoms with E-state index in [9.17, 15) is 20.0 Å². The Labute approximate surface area is 138 Å². The number of aliphatic hydroxyl groups is 1. The molecule has 128 valence electrons. The summed E-state index contributed by atoms with van der Waals surface area (Å²) in [6.45, 7) is 2.06. The number of hydrogen-bond acceptors (Lipinski definition) is 6. The van der Waals surface area contributed by atoms with E-state index in [4.69, 9.17) is 4.42 Å². The number of carbonyl (C=O) groups is 1. The van der Waals surface area contributed by atoms with Crippen molar-refractivity contribution in [2.24, 2.45) is 0 Å². The van der Waals surface area contributed by atoms with Crippen LogP contribution in [0.5, 0.6) is 0 Å². The predicted octanol–water partition coefficient (Wildman–Crippen LogP) is 2.23.